The smallest absolute Gasteiger partial charge is 0.222 e. The van der Waals surface area contributed by atoms with E-state index in [1.807, 2.05) is 25.2 Å². The van der Waals surface area contributed by atoms with Crippen molar-refractivity contribution in [2.75, 3.05) is 13.6 Å². The number of amides is 1. The Bertz CT molecular complexity index is 605. The first kappa shape index (κ1) is 17.9. The molecule has 1 heterocycles. The first-order valence-corrected chi connectivity index (χ1v) is 9.13. The van der Waals surface area contributed by atoms with Crippen molar-refractivity contribution in [1.82, 2.24) is 9.88 Å². The second-order valence-corrected chi connectivity index (χ2v) is 7.56. The SMILES string of the molecule is CC(C)C(N)CCN(C)C(=O)CCCc1nc2ccccc2s1. The fourth-order valence-corrected chi connectivity index (χ4v) is 3.42. The second-order valence-electron chi connectivity index (χ2n) is 6.44. The van der Waals surface area contributed by atoms with Gasteiger partial charge in [0.1, 0.15) is 0 Å². The molecule has 0 spiro atoms. The summed E-state index contributed by atoms with van der Waals surface area (Å²) in [6.45, 7) is 4.97. The number of rotatable bonds is 8. The van der Waals surface area contributed by atoms with E-state index in [2.05, 4.69) is 24.9 Å². The zero-order valence-corrected chi connectivity index (χ0v) is 15.1. The molecule has 0 saturated carbocycles. The van der Waals surface area contributed by atoms with E-state index in [-0.39, 0.29) is 11.9 Å². The standard InChI is InChI=1S/C18H27N3OS/c1-13(2)14(19)11-12-21(3)18(22)10-6-9-17-20-15-7-4-5-8-16(15)23-17/h4-5,7-8,13-14H,6,9-12,19H2,1-3H3. The number of carbonyl (C=O) groups excluding carboxylic acids is 1. The molecule has 126 valence electrons. The van der Waals surface area contributed by atoms with Gasteiger partial charge in [-0.25, -0.2) is 4.98 Å². The van der Waals surface area contributed by atoms with E-state index in [0.29, 0.717) is 12.3 Å². The number of aryl methyl sites for hydroxylation is 1. The van der Waals surface area contributed by atoms with E-state index in [9.17, 15) is 4.79 Å². The van der Waals surface area contributed by atoms with E-state index in [0.717, 1.165) is 36.3 Å². The number of hydrogen-bond donors (Lipinski definition) is 1. The highest BCUT2D eigenvalue weighted by Gasteiger charge is 2.13. The van der Waals surface area contributed by atoms with Crippen LogP contribution in [0.3, 0.4) is 0 Å². The van der Waals surface area contributed by atoms with E-state index in [1.54, 1.807) is 16.2 Å². The summed E-state index contributed by atoms with van der Waals surface area (Å²) >= 11 is 1.72. The number of para-hydroxylation sites is 1. The fourth-order valence-electron chi connectivity index (χ4n) is 2.41. The van der Waals surface area contributed by atoms with E-state index < -0.39 is 0 Å². The largest absolute Gasteiger partial charge is 0.346 e. The predicted octanol–water partition coefficient (Wildman–Crippen LogP) is 3.45. The van der Waals surface area contributed by atoms with Gasteiger partial charge in [-0.3, -0.25) is 4.79 Å². The molecule has 1 atom stereocenters. The van der Waals surface area contributed by atoms with Gasteiger partial charge in [-0.2, -0.15) is 0 Å². The molecule has 0 bridgehead atoms. The van der Waals surface area contributed by atoms with Crippen molar-refractivity contribution in [3.8, 4) is 0 Å². The molecule has 4 nitrogen and oxygen atoms in total. The van der Waals surface area contributed by atoms with Gasteiger partial charge in [-0.15, -0.1) is 11.3 Å². The Hall–Kier alpha value is -1.46. The Labute approximate surface area is 142 Å². The van der Waals surface area contributed by atoms with E-state index in [1.165, 1.54) is 4.70 Å². The molecule has 0 aliphatic heterocycles. The molecule has 0 aliphatic rings. The first-order chi connectivity index (χ1) is 11.0. The van der Waals surface area contributed by atoms with Gasteiger partial charge < -0.3 is 10.6 Å². The molecule has 1 aromatic heterocycles. The van der Waals surface area contributed by atoms with Crippen molar-refractivity contribution in [3.63, 3.8) is 0 Å². The Kier molecular flexibility index (Phi) is 6.54. The minimum Gasteiger partial charge on any atom is -0.346 e. The predicted molar refractivity (Wildman–Crippen MR) is 97.6 cm³/mol. The van der Waals surface area contributed by atoms with Gasteiger partial charge in [0.05, 0.1) is 15.2 Å². The lowest BCUT2D eigenvalue weighted by Gasteiger charge is -2.21. The zero-order valence-electron chi connectivity index (χ0n) is 14.3. The van der Waals surface area contributed by atoms with Crippen LogP contribution in [-0.2, 0) is 11.2 Å². The van der Waals surface area contributed by atoms with Crippen molar-refractivity contribution in [1.29, 1.82) is 0 Å². The number of hydrogen-bond acceptors (Lipinski definition) is 4. The van der Waals surface area contributed by atoms with Crippen LogP contribution in [-0.4, -0.2) is 35.4 Å². The van der Waals surface area contributed by atoms with Crippen LogP contribution in [0.15, 0.2) is 24.3 Å². The monoisotopic (exact) mass is 333 g/mol. The highest BCUT2D eigenvalue weighted by atomic mass is 32.1. The number of nitrogens with zero attached hydrogens (tertiary/aromatic N) is 2. The Balaban J connectivity index is 1.73. The van der Waals surface area contributed by atoms with Gasteiger partial charge >= 0.3 is 0 Å². The molecular weight excluding hydrogens is 306 g/mol. The minimum atomic E-state index is 0.160. The third-order valence-corrected chi connectivity index (χ3v) is 5.30. The molecule has 0 fully saturated rings. The molecule has 2 N–H and O–H groups in total. The molecule has 0 aliphatic carbocycles. The topological polar surface area (TPSA) is 59.2 Å². The third kappa shape index (κ3) is 5.29. The maximum absolute atomic E-state index is 12.2. The van der Waals surface area contributed by atoms with E-state index >= 15 is 0 Å². The lowest BCUT2D eigenvalue weighted by molar-refractivity contribution is -0.130. The Morgan fingerprint density at radius 1 is 1.35 bits per heavy atom. The average Bonchev–Trinajstić information content (AvgIpc) is 2.94. The Morgan fingerprint density at radius 2 is 2.09 bits per heavy atom. The summed E-state index contributed by atoms with van der Waals surface area (Å²) < 4.78 is 1.22. The average molecular weight is 334 g/mol. The van der Waals surface area contributed by atoms with Gasteiger partial charge in [0.2, 0.25) is 5.91 Å². The van der Waals surface area contributed by atoms with Crippen LogP contribution in [0, 0.1) is 5.92 Å². The number of thiazole rings is 1. The maximum atomic E-state index is 12.2. The first-order valence-electron chi connectivity index (χ1n) is 8.31. The summed E-state index contributed by atoms with van der Waals surface area (Å²) in [5, 5.41) is 1.11. The minimum absolute atomic E-state index is 0.160. The summed E-state index contributed by atoms with van der Waals surface area (Å²) in [7, 11) is 1.87. The normalized spacial score (nSPS) is 12.7. The van der Waals surface area contributed by atoms with E-state index in [4.69, 9.17) is 5.73 Å². The molecule has 1 unspecified atom stereocenters. The van der Waals surface area contributed by atoms with Gasteiger partial charge in [0.15, 0.2) is 0 Å². The highest BCUT2D eigenvalue weighted by Crippen LogP contribution is 2.22. The van der Waals surface area contributed by atoms with Crippen molar-refractivity contribution < 1.29 is 4.79 Å². The Morgan fingerprint density at radius 3 is 2.78 bits per heavy atom. The van der Waals surface area contributed by atoms with Gasteiger partial charge in [-0.1, -0.05) is 26.0 Å². The third-order valence-electron chi connectivity index (χ3n) is 4.20. The van der Waals surface area contributed by atoms with Gasteiger partial charge in [0.25, 0.3) is 0 Å². The van der Waals surface area contributed by atoms with Gasteiger partial charge in [-0.05, 0) is 37.3 Å². The second kappa shape index (κ2) is 8.41. The van der Waals surface area contributed by atoms with Crippen molar-refractivity contribution in [2.24, 2.45) is 11.7 Å². The number of benzene rings is 1. The summed E-state index contributed by atoms with van der Waals surface area (Å²) in [6.07, 6.45) is 3.14. The fraction of sp³-hybridized carbons (Fsp3) is 0.556. The molecule has 1 amide bonds. The summed E-state index contributed by atoms with van der Waals surface area (Å²) in [6, 6.07) is 8.32. The van der Waals surface area contributed by atoms with Crippen molar-refractivity contribution in [2.45, 2.75) is 45.6 Å². The number of fused-ring (bicyclic) bond motifs is 1. The highest BCUT2D eigenvalue weighted by molar-refractivity contribution is 7.18. The van der Waals surface area contributed by atoms with Crippen LogP contribution < -0.4 is 5.73 Å². The summed E-state index contributed by atoms with van der Waals surface area (Å²) in [5.41, 5.74) is 7.09. The van der Waals surface area contributed by atoms with Gasteiger partial charge in [0, 0.05) is 26.1 Å². The van der Waals surface area contributed by atoms with Crippen molar-refractivity contribution >= 4 is 27.5 Å². The summed E-state index contributed by atoms with van der Waals surface area (Å²) in [4.78, 5) is 18.6. The van der Waals surface area contributed by atoms with Crippen LogP contribution in [0.25, 0.3) is 10.2 Å². The molecular formula is C18H27N3OS. The zero-order chi connectivity index (χ0) is 16.8. The molecule has 2 rings (SSSR count). The number of carbonyl (C=O) groups is 1. The maximum Gasteiger partial charge on any atom is 0.222 e. The molecule has 1 aromatic carbocycles. The van der Waals surface area contributed by atoms with Crippen LogP contribution in [0.4, 0.5) is 0 Å². The van der Waals surface area contributed by atoms with Crippen LogP contribution >= 0.6 is 11.3 Å². The number of aromatic nitrogens is 1. The summed E-state index contributed by atoms with van der Waals surface area (Å²) in [5.74, 6) is 0.652. The van der Waals surface area contributed by atoms with Crippen LogP contribution in [0.2, 0.25) is 0 Å². The molecule has 5 heteroatoms. The lowest BCUT2D eigenvalue weighted by atomic mass is 10.0. The quantitative estimate of drug-likeness (QED) is 0.805. The van der Waals surface area contributed by atoms with Crippen molar-refractivity contribution in [3.05, 3.63) is 29.3 Å². The molecule has 23 heavy (non-hydrogen) atoms. The lowest BCUT2D eigenvalue weighted by Crippen LogP contribution is -2.34. The number of nitrogens with two attached hydrogens (primary N) is 1. The van der Waals surface area contributed by atoms with Crippen LogP contribution in [0.5, 0.6) is 0 Å². The molecule has 2 aromatic rings. The molecule has 0 radical (unpaired) electrons. The molecule has 0 saturated heterocycles. The van der Waals surface area contributed by atoms with Crippen LogP contribution in [0.1, 0.15) is 38.1 Å².